The number of sulfonamides is 1. The van der Waals surface area contributed by atoms with Gasteiger partial charge in [-0.25, -0.2) is 25.9 Å². The fourth-order valence-electron chi connectivity index (χ4n) is 2.29. The molecule has 0 spiro atoms. The number of rotatable bonds is 4. The summed E-state index contributed by atoms with van der Waals surface area (Å²) in [6.45, 7) is 0.103. The van der Waals surface area contributed by atoms with E-state index in [0.717, 1.165) is 12.1 Å². The van der Waals surface area contributed by atoms with Crippen LogP contribution in [0, 0.1) is 5.82 Å². The van der Waals surface area contributed by atoms with E-state index >= 15 is 0 Å². The van der Waals surface area contributed by atoms with E-state index in [1.165, 1.54) is 6.07 Å². The highest BCUT2D eigenvalue weighted by Crippen LogP contribution is 2.19. The second kappa shape index (κ2) is 5.99. The summed E-state index contributed by atoms with van der Waals surface area (Å²) < 4.78 is 63.4. The SMILES string of the molecule is NCc1ccc(S(=O)(=O)NC2CCCS(=O)(=O)C2)c(F)c1. The predicted octanol–water partition coefficient (Wildman–Crippen LogP) is 0.140. The van der Waals surface area contributed by atoms with Crippen molar-refractivity contribution in [3.05, 3.63) is 29.6 Å². The lowest BCUT2D eigenvalue weighted by molar-refractivity contribution is 0.512. The third kappa shape index (κ3) is 4.00. The molecule has 1 atom stereocenters. The van der Waals surface area contributed by atoms with Gasteiger partial charge >= 0.3 is 0 Å². The average Bonchev–Trinajstić information content (AvgIpc) is 2.36. The number of nitrogens with one attached hydrogen (secondary N) is 1. The summed E-state index contributed by atoms with van der Waals surface area (Å²) in [7, 11) is -7.34. The fraction of sp³-hybridized carbons (Fsp3) is 0.500. The Morgan fingerprint density at radius 1 is 1.38 bits per heavy atom. The van der Waals surface area contributed by atoms with Crippen LogP contribution in [0.25, 0.3) is 0 Å². The lowest BCUT2D eigenvalue weighted by Gasteiger charge is -2.23. The van der Waals surface area contributed by atoms with Gasteiger partial charge in [0.1, 0.15) is 10.7 Å². The number of halogens is 1. The van der Waals surface area contributed by atoms with E-state index in [1.54, 1.807) is 0 Å². The van der Waals surface area contributed by atoms with Crippen LogP contribution in [-0.4, -0.2) is 34.4 Å². The molecule has 9 heteroatoms. The average molecular weight is 336 g/mol. The normalized spacial score (nSPS) is 22.1. The van der Waals surface area contributed by atoms with Gasteiger partial charge in [-0.15, -0.1) is 0 Å². The Kier molecular flexibility index (Phi) is 4.66. The zero-order chi connectivity index (χ0) is 15.7. The minimum absolute atomic E-state index is 0.0603. The third-order valence-electron chi connectivity index (χ3n) is 3.31. The topological polar surface area (TPSA) is 106 Å². The molecule has 1 aromatic rings. The first-order chi connectivity index (χ1) is 9.73. The molecule has 0 amide bonds. The molecular formula is C12H17FN2O4S2. The highest BCUT2D eigenvalue weighted by Gasteiger charge is 2.29. The third-order valence-corrected chi connectivity index (χ3v) is 6.68. The maximum atomic E-state index is 13.8. The van der Waals surface area contributed by atoms with Gasteiger partial charge in [0, 0.05) is 12.6 Å². The van der Waals surface area contributed by atoms with Crippen molar-refractivity contribution < 1.29 is 21.2 Å². The quantitative estimate of drug-likeness (QED) is 0.813. The van der Waals surface area contributed by atoms with Crippen LogP contribution >= 0.6 is 0 Å². The molecular weight excluding hydrogens is 319 g/mol. The van der Waals surface area contributed by atoms with E-state index < -0.39 is 36.6 Å². The van der Waals surface area contributed by atoms with Crippen LogP contribution in [0.1, 0.15) is 18.4 Å². The highest BCUT2D eigenvalue weighted by molar-refractivity contribution is 7.91. The summed E-state index contributed by atoms with van der Waals surface area (Å²) >= 11 is 0. The molecule has 0 saturated carbocycles. The maximum Gasteiger partial charge on any atom is 0.243 e. The highest BCUT2D eigenvalue weighted by atomic mass is 32.2. The van der Waals surface area contributed by atoms with E-state index in [9.17, 15) is 21.2 Å². The molecule has 0 aliphatic carbocycles. The first kappa shape index (κ1) is 16.3. The largest absolute Gasteiger partial charge is 0.326 e. The fourth-order valence-corrected chi connectivity index (χ4v) is 5.36. The molecule has 0 radical (unpaired) electrons. The zero-order valence-electron chi connectivity index (χ0n) is 11.2. The van der Waals surface area contributed by atoms with E-state index in [0.29, 0.717) is 18.4 Å². The molecule has 1 fully saturated rings. The summed E-state index contributed by atoms with van der Waals surface area (Å²) in [5.74, 6) is -1.09. The molecule has 1 aliphatic rings. The molecule has 2 rings (SSSR count). The zero-order valence-corrected chi connectivity index (χ0v) is 12.9. The molecule has 0 bridgehead atoms. The van der Waals surface area contributed by atoms with Crippen LogP contribution in [0.5, 0.6) is 0 Å². The number of benzene rings is 1. The number of nitrogens with two attached hydrogens (primary N) is 1. The first-order valence-electron chi connectivity index (χ1n) is 6.45. The molecule has 1 saturated heterocycles. The van der Waals surface area contributed by atoms with Crippen LogP contribution in [0.2, 0.25) is 0 Å². The number of hydrogen-bond donors (Lipinski definition) is 2. The van der Waals surface area contributed by atoms with E-state index in [2.05, 4.69) is 4.72 Å². The minimum atomic E-state index is -4.10. The number of hydrogen-bond acceptors (Lipinski definition) is 5. The minimum Gasteiger partial charge on any atom is -0.326 e. The molecule has 0 aromatic heterocycles. The van der Waals surface area contributed by atoms with Crippen molar-refractivity contribution in [3.63, 3.8) is 0 Å². The molecule has 1 heterocycles. The van der Waals surface area contributed by atoms with Gasteiger partial charge in [-0.3, -0.25) is 0 Å². The monoisotopic (exact) mass is 336 g/mol. The molecule has 118 valence electrons. The van der Waals surface area contributed by atoms with Gasteiger partial charge in [-0.1, -0.05) is 6.07 Å². The van der Waals surface area contributed by atoms with Crippen molar-refractivity contribution in [1.29, 1.82) is 0 Å². The summed E-state index contributed by atoms with van der Waals surface area (Å²) in [6.07, 6.45) is 0.811. The summed E-state index contributed by atoms with van der Waals surface area (Å²) in [5, 5.41) is 0. The Labute approximate surface area is 123 Å². The van der Waals surface area contributed by atoms with Gasteiger partial charge in [-0.05, 0) is 30.5 Å². The molecule has 6 nitrogen and oxygen atoms in total. The molecule has 3 N–H and O–H groups in total. The Bertz CT molecular complexity index is 732. The van der Waals surface area contributed by atoms with Gasteiger partial charge in [0.05, 0.1) is 11.5 Å². The first-order valence-corrected chi connectivity index (χ1v) is 9.75. The lowest BCUT2D eigenvalue weighted by atomic mass is 10.2. The summed E-state index contributed by atoms with van der Waals surface area (Å²) in [5.41, 5.74) is 5.84. The van der Waals surface area contributed by atoms with E-state index in [1.807, 2.05) is 0 Å². The van der Waals surface area contributed by atoms with Gasteiger partial charge in [0.2, 0.25) is 10.0 Å². The van der Waals surface area contributed by atoms with Gasteiger partial charge in [0.15, 0.2) is 9.84 Å². The maximum absolute atomic E-state index is 13.8. The van der Waals surface area contributed by atoms with Crippen LogP contribution in [0.3, 0.4) is 0 Å². The Morgan fingerprint density at radius 2 is 2.10 bits per heavy atom. The van der Waals surface area contributed by atoms with Gasteiger partial charge in [0.25, 0.3) is 0 Å². The Balaban J connectivity index is 2.22. The van der Waals surface area contributed by atoms with Gasteiger partial charge < -0.3 is 5.73 Å². The summed E-state index contributed by atoms with van der Waals surface area (Å²) in [6, 6.07) is 2.90. The van der Waals surface area contributed by atoms with Crippen LogP contribution in [0.15, 0.2) is 23.1 Å². The molecule has 1 unspecified atom stereocenters. The second-order valence-corrected chi connectivity index (χ2v) is 8.95. The molecule has 1 aliphatic heterocycles. The molecule has 21 heavy (non-hydrogen) atoms. The summed E-state index contributed by atoms with van der Waals surface area (Å²) in [4.78, 5) is -0.498. The van der Waals surface area contributed by atoms with Crippen molar-refractivity contribution in [2.24, 2.45) is 5.73 Å². The van der Waals surface area contributed by atoms with Crippen molar-refractivity contribution >= 4 is 19.9 Å². The smallest absolute Gasteiger partial charge is 0.243 e. The van der Waals surface area contributed by atoms with Crippen molar-refractivity contribution in [1.82, 2.24) is 4.72 Å². The van der Waals surface area contributed by atoms with Crippen molar-refractivity contribution in [2.45, 2.75) is 30.3 Å². The number of sulfone groups is 1. The van der Waals surface area contributed by atoms with Crippen LogP contribution in [0.4, 0.5) is 4.39 Å². The van der Waals surface area contributed by atoms with E-state index in [-0.39, 0.29) is 18.1 Å². The Hall–Kier alpha value is -1.03. The van der Waals surface area contributed by atoms with Gasteiger partial charge in [-0.2, -0.15) is 0 Å². The van der Waals surface area contributed by atoms with E-state index in [4.69, 9.17) is 5.73 Å². The molecule has 1 aromatic carbocycles. The second-order valence-electron chi connectivity index (χ2n) is 5.04. The van der Waals surface area contributed by atoms with Crippen molar-refractivity contribution in [3.8, 4) is 0 Å². The van der Waals surface area contributed by atoms with Crippen molar-refractivity contribution in [2.75, 3.05) is 11.5 Å². The van der Waals surface area contributed by atoms with Crippen LogP contribution < -0.4 is 10.5 Å². The standard InChI is InChI=1S/C12H17FN2O4S2/c13-11-6-9(7-14)3-4-12(11)21(18,19)15-10-2-1-5-20(16,17)8-10/h3-4,6,10,15H,1-2,5,7-8,14H2. The predicted molar refractivity (Wildman–Crippen MR) is 76.3 cm³/mol. The lowest BCUT2D eigenvalue weighted by Crippen LogP contribution is -2.43. The Morgan fingerprint density at radius 3 is 2.67 bits per heavy atom. The van der Waals surface area contributed by atoms with Crippen LogP contribution in [-0.2, 0) is 26.4 Å².